The van der Waals surface area contributed by atoms with Crippen molar-refractivity contribution in [2.75, 3.05) is 0 Å². The standard InChI is InChI=1S/C19H20N2O/c1-2-3-5-14-7-9-15(10-8-14)18-13-16(19(22)21-18)12-17-6-4-11-20-17/h4,6-13,20H,2-3,5H2,1H3,(H,21,22). The van der Waals surface area contributed by atoms with Crippen molar-refractivity contribution in [2.24, 2.45) is 0 Å². The van der Waals surface area contributed by atoms with Crippen molar-refractivity contribution in [3.63, 3.8) is 0 Å². The van der Waals surface area contributed by atoms with E-state index in [1.807, 2.05) is 30.5 Å². The lowest BCUT2D eigenvalue weighted by Gasteiger charge is -2.05. The van der Waals surface area contributed by atoms with Crippen LogP contribution >= 0.6 is 0 Å². The van der Waals surface area contributed by atoms with Crippen molar-refractivity contribution < 1.29 is 4.79 Å². The molecule has 0 atom stereocenters. The van der Waals surface area contributed by atoms with Crippen LogP contribution in [0.1, 0.15) is 36.6 Å². The van der Waals surface area contributed by atoms with Gasteiger partial charge in [-0.05, 0) is 48.3 Å². The number of carbonyl (C=O) groups is 1. The first-order valence-electron chi connectivity index (χ1n) is 7.73. The molecule has 22 heavy (non-hydrogen) atoms. The van der Waals surface area contributed by atoms with Crippen molar-refractivity contribution in [2.45, 2.75) is 26.2 Å². The zero-order valence-electron chi connectivity index (χ0n) is 12.7. The van der Waals surface area contributed by atoms with Crippen LogP contribution in [0.2, 0.25) is 0 Å². The molecule has 0 unspecified atom stereocenters. The van der Waals surface area contributed by atoms with Gasteiger partial charge in [0.05, 0.1) is 0 Å². The van der Waals surface area contributed by atoms with Crippen molar-refractivity contribution in [3.05, 3.63) is 71.1 Å². The topological polar surface area (TPSA) is 44.9 Å². The molecule has 1 aromatic carbocycles. The molecule has 0 saturated carbocycles. The van der Waals surface area contributed by atoms with Crippen LogP contribution in [0.4, 0.5) is 0 Å². The summed E-state index contributed by atoms with van der Waals surface area (Å²) >= 11 is 0. The highest BCUT2D eigenvalue weighted by atomic mass is 16.1. The molecule has 3 nitrogen and oxygen atoms in total. The van der Waals surface area contributed by atoms with Gasteiger partial charge in [0.1, 0.15) is 0 Å². The highest BCUT2D eigenvalue weighted by molar-refractivity contribution is 6.10. The Hall–Kier alpha value is -2.55. The Labute approximate surface area is 130 Å². The van der Waals surface area contributed by atoms with Gasteiger partial charge in [-0.15, -0.1) is 0 Å². The molecule has 0 fully saturated rings. The molecule has 1 aliphatic heterocycles. The Morgan fingerprint density at radius 2 is 1.95 bits per heavy atom. The molecule has 0 bridgehead atoms. The van der Waals surface area contributed by atoms with E-state index in [0.29, 0.717) is 5.57 Å². The maximum atomic E-state index is 12.0. The number of aromatic nitrogens is 1. The van der Waals surface area contributed by atoms with E-state index < -0.39 is 0 Å². The number of hydrogen-bond donors (Lipinski definition) is 2. The molecule has 1 aliphatic rings. The number of aryl methyl sites for hydroxylation is 1. The van der Waals surface area contributed by atoms with E-state index in [0.717, 1.165) is 23.4 Å². The molecule has 2 N–H and O–H groups in total. The minimum Gasteiger partial charge on any atom is -0.362 e. The van der Waals surface area contributed by atoms with Crippen molar-refractivity contribution in [1.29, 1.82) is 0 Å². The van der Waals surface area contributed by atoms with Gasteiger partial charge in [-0.25, -0.2) is 0 Å². The molecule has 2 aromatic rings. The molecule has 112 valence electrons. The molecule has 0 spiro atoms. The molecule has 0 radical (unpaired) electrons. The number of rotatable bonds is 5. The maximum absolute atomic E-state index is 12.0. The van der Waals surface area contributed by atoms with E-state index in [-0.39, 0.29) is 5.91 Å². The van der Waals surface area contributed by atoms with Crippen molar-refractivity contribution >= 4 is 17.7 Å². The number of unbranched alkanes of at least 4 members (excludes halogenated alkanes) is 1. The summed E-state index contributed by atoms with van der Waals surface area (Å²) in [5.41, 5.74) is 4.86. The number of carbonyl (C=O) groups excluding carboxylic acids is 1. The van der Waals surface area contributed by atoms with Crippen molar-refractivity contribution in [1.82, 2.24) is 10.3 Å². The molecule has 1 aromatic heterocycles. The van der Waals surface area contributed by atoms with Crippen LogP contribution in [0.3, 0.4) is 0 Å². The van der Waals surface area contributed by atoms with Gasteiger partial charge < -0.3 is 10.3 Å². The first kappa shape index (κ1) is 14.4. The smallest absolute Gasteiger partial charge is 0.255 e. The molecular weight excluding hydrogens is 272 g/mol. The third-order valence-corrected chi connectivity index (χ3v) is 3.83. The second-order valence-electron chi connectivity index (χ2n) is 5.54. The van der Waals surface area contributed by atoms with Crippen LogP contribution in [-0.2, 0) is 11.2 Å². The average molecular weight is 292 g/mol. The Morgan fingerprint density at radius 3 is 2.64 bits per heavy atom. The molecule has 3 heteroatoms. The molecule has 1 amide bonds. The average Bonchev–Trinajstić information content (AvgIpc) is 3.17. The van der Waals surface area contributed by atoms with Gasteiger partial charge in [0.25, 0.3) is 5.91 Å². The van der Waals surface area contributed by atoms with Gasteiger partial charge in [0.2, 0.25) is 0 Å². The van der Waals surface area contributed by atoms with Gasteiger partial charge in [0.15, 0.2) is 0 Å². The second kappa shape index (κ2) is 6.48. The zero-order chi connectivity index (χ0) is 15.4. The molecule has 3 rings (SSSR count). The Kier molecular flexibility index (Phi) is 4.24. The van der Waals surface area contributed by atoms with Crippen molar-refractivity contribution in [3.8, 4) is 0 Å². The van der Waals surface area contributed by atoms with E-state index in [2.05, 4.69) is 41.5 Å². The SMILES string of the molecule is CCCCc1ccc(C2=CC(=Cc3ccc[nH]3)C(=O)N2)cc1. The normalized spacial score (nSPS) is 16.0. The number of aromatic amines is 1. The van der Waals surface area contributed by atoms with E-state index in [1.54, 1.807) is 0 Å². The summed E-state index contributed by atoms with van der Waals surface area (Å²) in [5, 5.41) is 2.94. The summed E-state index contributed by atoms with van der Waals surface area (Å²) in [7, 11) is 0. The predicted molar refractivity (Wildman–Crippen MR) is 89.9 cm³/mol. The zero-order valence-corrected chi connectivity index (χ0v) is 12.7. The van der Waals surface area contributed by atoms with Gasteiger partial charge in [-0.2, -0.15) is 0 Å². The summed E-state index contributed by atoms with van der Waals surface area (Å²) in [5.74, 6) is -0.0559. The van der Waals surface area contributed by atoms with Crippen LogP contribution in [-0.4, -0.2) is 10.9 Å². The molecule has 0 saturated heterocycles. The second-order valence-corrected chi connectivity index (χ2v) is 5.54. The molecular formula is C19H20N2O. The predicted octanol–water partition coefficient (Wildman–Crippen LogP) is 3.91. The van der Waals surface area contributed by atoms with Crippen LogP contribution in [0.5, 0.6) is 0 Å². The lowest BCUT2D eigenvalue weighted by molar-refractivity contribution is -0.115. The fourth-order valence-electron chi connectivity index (χ4n) is 2.55. The molecule has 0 aliphatic carbocycles. The monoisotopic (exact) mass is 292 g/mol. The Morgan fingerprint density at radius 1 is 1.14 bits per heavy atom. The maximum Gasteiger partial charge on any atom is 0.255 e. The summed E-state index contributed by atoms with van der Waals surface area (Å²) in [6, 6.07) is 12.3. The lowest BCUT2D eigenvalue weighted by atomic mass is 10.0. The quantitative estimate of drug-likeness (QED) is 0.806. The number of benzene rings is 1. The van der Waals surface area contributed by atoms with E-state index in [1.165, 1.54) is 18.4 Å². The van der Waals surface area contributed by atoms with Gasteiger partial charge in [-0.1, -0.05) is 37.6 Å². The number of amides is 1. The fourth-order valence-corrected chi connectivity index (χ4v) is 2.55. The molecule has 2 heterocycles. The van der Waals surface area contributed by atoms with Crippen LogP contribution in [0, 0.1) is 0 Å². The Bertz CT molecular complexity index is 706. The van der Waals surface area contributed by atoms with E-state index >= 15 is 0 Å². The van der Waals surface area contributed by atoms with Gasteiger partial charge in [0, 0.05) is 23.2 Å². The third-order valence-electron chi connectivity index (χ3n) is 3.83. The lowest BCUT2D eigenvalue weighted by Crippen LogP contribution is -2.15. The van der Waals surface area contributed by atoms with E-state index in [9.17, 15) is 4.79 Å². The highest BCUT2D eigenvalue weighted by Gasteiger charge is 2.18. The largest absolute Gasteiger partial charge is 0.362 e. The summed E-state index contributed by atoms with van der Waals surface area (Å²) in [6.45, 7) is 2.20. The summed E-state index contributed by atoms with van der Waals surface area (Å²) in [6.07, 6.45) is 9.14. The first-order chi connectivity index (χ1) is 10.8. The first-order valence-corrected chi connectivity index (χ1v) is 7.73. The number of nitrogens with one attached hydrogen (secondary N) is 2. The van der Waals surface area contributed by atoms with Crippen LogP contribution < -0.4 is 5.32 Å². The number of hydrogen-bond acceptors (Lipinski definition) is 1. The minimum atomic E-state index is -0.0559. The summed E-state index contributed by atoms with van der Waals surface area (Å²) in [4.78, 5) is 15.1. The van der Waals surface area contributed by atoms with E-state index in [4.69, 9.17) is 0 Å². The minimum absolute atomic E-state index is 0.0559. The number of H-pyrrole nitrogens is 1. The highest BCUT2D eigenvalue weighted by Crippen LogP contribution is 2.22. The fraction of sp³-hybridized carbons (Fsp3) is 0.211. The van der Waals surface area contributed by atoms with Crippen LogP contribution in [0.15, 0.2) is 54.2 Å². The van der Waals surface area contributed by atoms with Gasteiger partial charge in [-0.3, -0.25) is 4.79 Å². The Balaban J connectivity index is 1.79. The summed E-state index contributed by atoms with van der Waals surface area (Å²) < 4.78 is 0. The van der Waals surface area contributed by atoms with Gasteiger partial charge >= 0.3 is 0 Å². The third kappa shape index (κ3) is 3.19. The van der Waals surface area contributed by atoms with Crippen LogP contribution in [0.25, 0.3) is 11.8 Å².